The number of fused-ring (bicyclic) bond motifs is 2. The van der Waals surface area contributed by atoms with Gasteiger partial charge < -0.3 is 9.40 Å². The Bertz CT molecular complexity index is 1660. The fourth-order valence-corrected chi connectivity index (χ4v) is 5.01. The molecule has 36 heavy (non-hydrogen) atoms. The number of nitrogens with one attached hydrogen (secondary N) is 2. The predicted molar refractivity (Wildman–Crippen MR) is 137 cm³/mol. The van der Waals surface area contributed by atoms with Gasteiger partial charge in [-0.3, -0.25) is 20.0 Å². The Labute approximate surface area is 206 Å². The molecule has 1 fully saturated rings. The van der Waals surface area contributed by atoms with Crippen molar-refractivity contribution >= 4 is 22.1 Å². The Morgan fingerprint density at radius 1 is 0.944 bits per heavy atom. The molecule has 0 saturated carbocycles. The number of hydrogen-bond acceptors (Lipinski definition) is 7. The van der Waals surface area contributed by atoms with Crippen molar-refractivity contribution in [2.45, 2.75) is 25.8 Å². The van der Waals surface area contributed by atoms with Crippen LogP contribution in [0.15, 0.2) is 66.0 Å². The van der Waals surface area contributed by atoms with Crippen LogP contribution in [-0.4, -0.2) is 53.1 Å². The number of likely N-dealkylation sites (tertiary alicyclic amines) is 1. The summed E-state index contributed by atoms with van der Waals surface area (Å²) < 4.78 is 5.25. The zero-order valence-corrected chi connectivity index (χ0v) is 19.6. The molecule has 0 aromatic carbocycles. The van der Waals surface area contributed by atoms with Crippen molar-refractivity contribution in [1.82, 2.24) is 40.0 Å². The lowest BCUT2D eigenvalue weighted by molar-refractivity contribution is 0.220. The molecule has 7 rings (SSSR count). The molecule has 178 valence electrons. The van der Waals surface area contributed by atoms with Gasteiger partial charge in [0.1, 0.15) is 16.9 Å². The quantitative estimate of drug-likeness (QED) is 0.351. The number of imidazole rings is 1. The van der Waals surface area contributed by atoms with Crippen LogP contribution in [-0.2, 0) is 6.54 Å². The number of nitrogens with zero attached hydrogens (tertiary/aromatic N) is 6. The van der Waals surface area contributed by atoms with Crippen LogP contribution in [0.3, 0.4) is 0 Å². The maximum Gasteiger partial charge on any atom is 0.181 e. The first kappa shape index (κ1) is 21.0. The SMILES string of the molecule is c1cc2[nH]c(-c3[nH]nc4ncc(-c5cncc(CN6CCCCC6)c5)cc34)nc2c(-c2ccoc2)n1. The lowest BCUT2D eigenvalue weighted by atomic mass is 10.1. The number of aromatic amines is 2. The standard InChI is InChI=1S/C27H24N8O/c1-2-7-35(8-3-1)15-17-10-19(13-28-12-17)20-11-21-24(33-34-26(21)30-14-20)27-31-22-4-6-29-23(25(22)32-27)18-5-9-36-16-18/h4-6,9-14,16H,1-3,7-8,15H2,(H,31,32)(H,30,33,34). The van der Waals surface area contributed by atoms with Gasteiger partial charge in [0.05, 0.1) is 23.4 Å². The lowest BCUT2D eigenvalue weighted by Crippen LogP contribution is -2.29. The van der Waals surface area contributed by atoms with Gasteiger partial charge in [0.2, 0.25) is 0 Å². The molecular formula is C27H24N8O. The third-order valence-corrected chi connectivity index (χ3v) is 6.83. The van der Waals surface area contributed by atoms with Crippen LogP contribution in [0.1, 0.15) is 24.8 Å². The summed E-state index contributed by atoms with van der Waals surface area (Å²) in [4.78, 5) is 24.4. The van der Waals surface area contributed by atoms with Crippen LogP contribution in [0.25, 0.3) is 56.0 Å². The van der Waals surface area contributed by atoms with E-state index in [4.69, 9.17) is 9.40 Å². The predicted octanol–water partition coefficient (Wildman–Crippen LogP) is 5.20. The molecule has 6 aromatic rings. The van der Waals surface area contributed by atoms with Crippen molar-refractivity contribution in [3.8, 4) is 33.9 Å². The largest absolute Gasteiger partial charge is 0.472 e. The number of piperidine rings is 1. The van der Waals surface area contributed by atoms with E-state index in [0.717, 1.165) is 64.1 Å². The van der Waals surface area contributed by atoms with Gasteiger partial charge in [0.15, 0.2) is 11.5 Å². The highest BCUT2D eigenvalue weighted by molar-refractivity contribution is 5.96. The smallest absolute Gasteiger partial charge is 0.181 e. The summed E-state index contributed by atoms with van der Waals surface area (Å²) in [5.41, 5.74) is 7.99. The molecule has 2 N–H and O–H groups in total. The van der Waals surface area contributed by atoms with E-state index in [1.165, 1.54) is 24.8 Å². The Morgan fingerprint density at radius 2 is 1.86 bits per heavy atom. The van der Waals surface area contributed by atoms with Crippen molar-refractivity contribution < 1.29 is 4.42 Å². The van der Waals surface area contributed by atoms with E-state index in [-0.39, 0.29) is 0 Å². The first-order chi connectivity index (χ1) is 17.8. The molecule has 0 spiro atoms. The minimum atomic E-state index is 0.639. The van der Waals surface area contributed by atoms with E-state index in [0.29, 0.717) is 11.5 Å². The van der Waals surface area contributed by atoms with Gasteiger partial charge in [-0.05, 0) is 55.8 Å². The molecule has 1 saturated heterocycles. The van der Waals surface area contributed by atoms with Crippen LogP contribution in [0, 0.1) is 0 Å². The normalized spacial score (nSPS) is 14.7. The molecule has 0 aliphatic carbocycles. The minimum Gasteiger partial charge on any atom is -0.472 e. The Morgan fingerprint density at radius 3 is 2.75 bits per heavy atom. The Hall–Kier alpha value is -4.37. The molecule has 9 nitrogen and oxygen atoms in total. The van der Waals surface area contributed by atoms with Crippen molar-refractivity contribution in [1.29, 1.82) is 0 Å². The van der Waals surface area contributed by atoms with Gasteiger partial charge in [-0.25, -0.2) is 9.97 Å². The van der Waals surface area contributed by atoms with Crippen molar-refractivity contribution in [2.75, 3.05) is 13.1 Å². The summed E-state index contributed by atoms with van der Waals surface area (Å²) in [7, 11) is 0. The average Bonchev–Trinajstić information content (AvgIpc) is 3.68. The maximum absolute atomic E-state index is 5.25. The second-order valence-electron chi connectivity index (χ2n) is 9.27. The van der Waals surface area contributed by atoms with E-state index in [1.54, 1.807) is 18.7 Å². The molecule has 1 aliphatic heterocycles. The molecule has 1 aliphatic rings. The second kappa shape index (κ2) is 8.69. The van der Waals surface area contributed by atoms with Crippen LogP contribution < -0.4 is 0 Å². The highest BCUT2D eigenvalue weighted by atomic mass is 16.3. The minimum absolute atomic E-state index is 0.639. The highest BCUT2D eigenvalue weighted by Crippen LogP contribution is 2.31. The lowest BCUT2D eigenvalue weighted by Gasteiger charge is -2.26. The Kier molecular flexibility index (Phi) is 5.06. The molecule has 0 radical (unpaired) electrons. The van der Waals surface area contributed by atoms with Gasteiger partial charge in [-0.1, -0.05) is 6.42 Å². The number of H-pyrrole nitrogens is 2. The fourth-order valence-electron chi connectivity index (χ4n) is 5.01. The molecule has 0 amide bonds. The van der Waals surface area contributed by atoms with Gasteiger partial charge >= 0.3 is 0 Å². The average molecular weight is 477 g/mol. The maximum atomic E-state index is 5.25. The fraction of sp³-hybridized carbons (Fsp3) is 0.222. The molecular weight excluding hydrogens is 452 g/mol. The molecule has 0 unspecified atom stereocenters. The molecule has 0 atom stereocenters. The van der Waals surface area contributed by atoms with E-state index in [2.05, 4.69) is 47.2 Å². The summed E-state index contributed by atoms with van der Waals surface area (Å²) in [5.74, 6) is 0.682. The zero-order chi connectivity index (χ0) is 23.9. The highest BCUT2D eigenvalue weighted by Gasteiger charge is 2.17. The number of rotatable bonds is 5. The second-order valence-corrected chi connectivity index (χ2v) is 9.27. The monoisotopic (exact) mass is 476 g/mol. The number of furan rings is 1. The third-order valence-electron chi connectivity index (χ3n) is 6.83. The topological polar surface area (TPSA) is 112 Å². The zero-order valence-electron chi connectivity index (χ0n) is 19.6. The van der Waals surface area contributed by atoms with Crippen LogP contribution >= 0.6 is 0 Å². The van der Waals surface area contributed by atoms with Crippen LogP contribution in [0.5, 0.6) is 0 Å². The number of aromatic nitrogens is 7. The molecule has 9 heteroatoms. The number of pyridine rings is 3. The van der Waals surface area contributed by atoms with E-state index in [9.17, 15) is 0 Å². The summed E-state index contributed by atoms with van der Waals surface area (Å²) in [6.07, 6.45) is 14.7. The summed E-state index contributed by atoms with van der Waals surface area (Å²) >= 11 is 0. The van der Waals surface area contributed by atoms with E-state index < -0.39 is 0 Å². The van der Waals surface area contributed by atoms with E-state index in [1.807, 2.05) is 30.7 Å². The van der Waals surface area contributed by atoms with Gasteiger partial charge in [0, 0.05) is 48.0 Å². The molecule has 7 heterocycles. The molecule has 0 bridgehead atoms. The van der Waals surface area contributed by atoms with E-state index >= 15 is 0 Å². The Balaban J connectivity index is 1.26. The first-order valence-electron chi connectivity index (χ1n) is 12.2. The van der Waals surface area contributed by atoms with Gasteiger partial charge in [0.25, 0.3) is 0 Å². The number of hydrogen-bond donors (Lipinski definition) is 2. The van der Waals surface area contributed by atoms with Gasteiger partial charge in [-0.2, -0.15) is 5.10 Å². The molecule has 6 aromatic heterocycles. The first-order valence-corrected chi connectivity index (χ1v) is 12.2. The van der Waals surface area contributed by atoms with Crippen molar-refractivity contribution in [3.05, 3.63) is 67.1 Å². The van der Waals surface area contributed by atoms with Crippen molar-refractivity contribution in [3.63, 3.8) is 0 Å². The van der Waals surface area contributed by atoms with Crippen molar-refractivity contribution in [2.24, 2.45) is 0 Å². The van der Waals surface area contributed by atoms with Gasteiger partial charge in [-0.15, -0.1) is 0 Å². The summed E-state index contributed by atoms with van der Waals surface area (Å²) in [6, 6.07) is 8.11. The third kappa shape index (κ3) is 3.74. The summed E-state index contributed by atoms with van der Waals surface area (Å²) in [6.45, 7) is 3.25. The van der Waals surface area contributed by atoms with Crippen LogP contribution in [0.2, 0.25) is 0 Å². The van der Waals surface area contributed by atoms with Crippen LogP contribution in [0.4, 0.5) is 0 Å². The summed E-state index contributed by atoms with van der Waals surface area (Å²) in [5, 5.41) is 8.43.